The van der Waals surface area contributed by atoms with Gasteiger partial charge < -0.3 is 14.8 Å². The molecule has 18 heavy (non-hydrogen) atoms. The summed E-state index contributed by atoms with van der Waals surface area (Å²) in [5.41, 5.74) is 0.248. The molecule has 0 aromatic carbocycles. The molecule has 0 spiro atoms. The van der Waals surface area contributed by atoms with Gasteiger partial charge in [-0.2, -0.15) is 0 Å². The zero-order valence-electron chi connectivity index (χ0n) is 10.7. The van der Waals surface area contributed by atoms with Gasteiger partial charge in [0.05, 0.1) is 12.2 Å². The fourth-order valence-electron chi connectivity index (χ4n) is 1.89. The molecule has 0 aliphatic carbocycles. The van der Waals surface area contributed by atoms with Crippen molar-refractivity contribution in [3.63, 3.8) is 0 Å². The van der Waals surface area contributed by atoms with Crippen molar-refractivity contribution < 1.29 is 14.3 Å². The predicted octanol–water partition coefficient (Wildman–Crippen LogP) is 2.30. The smallest absolute Gasteiger partial charge is 0.357 e. The summed E-state index contributed by atoms with van der Waals surface area (Å²) in [5, 5.41) is 5.66. The van der Waals surface area contributed by atoms with E-state index in [1.807, 2.05) is 0 Å². The van der Waals surface area contributed by atoms with E-state index in [1.54, 1.807) is 12.3 Å². The van der Waals surface area contributed by atoms with Gasteiger partial charge >= 0.3 is 5.97 Å². The number of hydrogen-bond acceptors (Lipinski definition) is 6. The molecule has 1 aromatic heterocycles. The molecule has 6 heteroatoms. The van der Waals surface area contributed by atoms with Crippen LogP contribution in [-0.2, 0) is 9.47 Å². The van der Waals surface area contributed by atoms with Gasteiger partial charge in [0.2, 0.25) is 0 Å². The third-order valence-corrected chi connectivity index (χ3v) is 3.70. The third kappa shape index (κ3) is 3.20. The van der Waals surface area contributed by atoms with E-state index in [2.05, 4.69) is 17.2 Å². The van der Waals surface area contributed by atoms with Gasteiger partial charge in [0, 0.05) is 18.5 Å². The van der Waals surface area contributed by atoms with Gasteiger partial charge in [-0.1, -0.05) is 0 Å². The maximum Gasteiger partial charge on any atom is 0.357 e. The van der Waals surface area contributed by atoms with E-state index in [-0.39, 0.29) is 11.6 Å². The number of aromatic nitrogens is 1. The molecule has 0 radical (unpaired) electrons. The van der Waals surface area contributed by atoms with Crippen molar-refractivity contribution in [3.05, 3.63) is 11.1 Å². The first-order chi connectivity index (χ1) is 8.63. The molecule has 2 rings (SSSR count). The van der Waals surface area contributed by atoms with Crippen molar-refractivity contribution in [2.75, 3.05) is 25.1 Å². The van der Waals surface area contributed by atoms with Crippen molar-refractivity contribution >= 4 is 22.4 Å². The molecular weight excluding hydrogens is 252 g/mol. The van der Waals surface area contributed by atoms with E-state index >= 15 is 0 Å². The molecule has 1 atom stereocenters. The van der Waals surface area contributed by atoms with Gasteiger partial charge in [0.25, 0.3) is 0 Å². The SMILES string of the molecule is CCOC(=O)c1csc(NCC2(C)CCCO2)n1. The van der Waals surface area contributed by atoms with E-state index in [0.717, 1.165) is 24.6 Å². The van der Waals surface area contributed by atoms with Crippen LogP contribution in [0.2, 0.25) is 0 Å². The second kappa shape index (κ2) is 5.67. The first kappa shape index (κ1) is 13.3. The maximum atomic E-state index is 11.5. The Morgan fingerprint density at radius 3 is 3.22 bits per heavy atom. The minimum atomic E-state index is -0.370. The van der Waals surface area contributed by atoms with Crippen LogP contribution >= 0.6 is 11.3 Å². The van der Waals surface area contributed by atoms with Crippen LogP contribution in [0.3, 0.4) is 0 Å². The lowest BCUT2D eigenvalue weighted by Crippen LogP contribution is -2.32. The number of rotatable bonds is 5. The normalized spacial score (nSPS) is 23.0. The summed E-state index contributed by atoms with van der Waals surface area (Å²) in [7, 11) is 0. The summed E-state index contributed by atoms with van der Waals surface area (Å²) in [4.78, 5) is 15.6. The lowest BCUT2D eigenvalue weighted by molar-refractivity contribution is 0.0315. The lowest BCUT2D eigenvalue weighted by atomic mass is 10.0. The Hall–Kier alpha value is -1.14. The van der Waals surface area contributed by atoms with Gasteiger partial charge in [0.1, 0.15) is 0 Å². The average molecular weight is 270 g/mol. The van der Waals surface area contributed by atoms with Crippen molar-refractivity contribution in [2.24, 2.45) is 0 Å². The number of nitrogens with zero attached hydrogens (tertiary/aromatic N) is 1. The van der Waals surface area contributed by atoms with E-state index in [4.69, 9.17) is 9.47 Å². The van der Waals surface area contributed by atoms with Crippen LogP contribution < -0.4 is 5.32 Å². The number of hydrogen-bond donors (Lipinski definition) is 1. The Labute approximate surface area is 111 Å². The van der Waals surface area contributed by atoms with Crippen LogP contribution in [0.25, 0.3) is 0 Å². The van der Waals surface area contributed by atoms with Gasteiger partial charge in [-0.3, -0.25) is 0 Å². The standard InChI is InChI=1S/C12H18N2O3S/c1-3-16-10(15)9-7-18-11(14-9)13-8-12(2)5-4-6-17-12/h7H,3-6,8H2,1-2H3,(H,13,14). The number of anilines is 1. The highest BCUT2D eigenvalue weighted by atomic mass is 32.1. The van der Waals surface area contributed by atoms with E-state index < -0.39 is 0 Å². The molecule has 1 aliphatic rings. The number of thiazole rings is 1. The molecule has 5 nitrogen and oxygen atoms in total. The summed E-state index contributed by atoms with van der Waals surface area (Å²) >= 11 is 1.41. The van der Waals surface area contributed by atoms with Crippen molar-refractivity contribution in [3.8, 4) is 0 Å². The summed E-state index contributed by atoms with van der Waals surface area (Å²) in [5.74, 6) is -0.370. The number of carbonyl (C=O) groups is 1. The summed E-state index contributed by atoms with van der Waals surface area (Å²) in [6.07, 6.45) is 2.15. The molecule has 100 valence electrons. The quantitative estimate of drug-likeness (QED) is 0.832. The topological polar surface area (TPSA) is 60.5 Å². The van der Waals surface area contributed by atoms with Crippen LogP contribution in [0, 0.1) is 0 Å². The molecule has 1 saturated heterocycles. The van der Waals surface area contributed by atoms with E-state index in [1.165, 1.54) is 11.3 Å². The first-order valence-corrected chi connectivity index (χ1v) is 7.01. The minimum Gasteiger partial charge on any atom is -0.461 e. The highest BCUT2D eigenvalue weighted by molar-refractivity contribution is 7.13. The minimum absolute atomic E-state index is 0.115. The Morgan fingerprint density at radius 1 is 1.72 bits per heavy atom. The largest absolute Gasteiger partial charge is 0.461 e. The van der Waals surface area contributed by atoms with Gasteiger partial charge in [-0.05, 0) is 26.7 Å². The Balaban J connectivity index is 1.88. The molecule has 1 unspecified atom stereocenters. The number of carbonyl (C=O) groups excluding carboxylic acids is 1. The summed E-state index contributed by atoms with van der Waals surface area (Å²) in [6, 6.07) is 0. The molecule has 0 amide bonds. The second-order valence-electron chi connectivity index (χ2n) is 4.51. The first-order valence-electron chi connectivity index (χ1n) is 6.13. The summed E-state index contributed by atoms with van der Waals surface area (Å²) in [6.45, 7) is 5.77. The van der Waals surface area contributed by atoms with Crippen molar-refractivity contribution in [1.29, 1.82) is 0 Å². The zero-order valence-corrected chi connectivity index (χ0v) is 11.5. The van der Waals surface area contributed by atoms with Crippen LogP contribution in [0.1, 0.15) is 37.2 Å². The van der Waals surface area contributed by atoms with Crippen molar-refractivity contribution in [1.82, 2.24) is 4.98 Å². The molecule has 1 aromatic rings. The lowest BCUT2D eigenvalue weighted by Gasteiger charge is -2.22. The molecule has 0 saturated carbocycles. The molecule has 1 N–H and O–H groups in total. The van der Waals surface area contributed by atoms with Gasteiger partial charge in [-0.25, -0.2) is 9.78 Å². The van der Waals surface area contributed by atoms with Gasteiger partial charge in [0.15, 0.2) is 10.8 Å². The monoisotopic (exact) mass is 270 g/mol. The molecule has 1 fully saturated rings. The van der Waals surface area contributed by atoms with Crippen LogP contribution in [0.5, 0.6) is 0 Å². The highest BCUT2D eigenvalue weighted by Crippen LogP contribution is 2.26. The average Bonchev–Trinajstić information content (AvgIpc) is 2.96. The Kier molecular flexibility index (Phi) is 4.19. The van der Waals surface area contributed by atoms with E-state index in [9.17, 15) is 4.79 Å². The Bertz CT molecular complexity index is 413. The fourth-order valence-corrected chi connectivity index (χ4v) is 2.57. The van der Waals surface area contributed by atoms with Crippen LogP contribution in [0.15, 0.2) is 5.38 Å². The van der Waals surface area contributed by atoms with E-state index in [0.29, 0.717) is 18.8 Å². The number of nitrogens with one attached hydrogen (secondary N) is 1. The second-order valence-corrected chi connectivity index (χ2v) is 5.37. The van der Waals surface area contributed by atoms with Crippen LogP contribution in [0.4, 0.5) is 5.13 Å². The molecule has 2 heterocycles. The van der Waals surface area contributed by atoms with Crippen molar-refractivity contribution in [2.45, 2.75) is 32.3 Å². The zero-order chi connectivity index (χ0) is 13.0. The fraction of sp³-hybridized carbons (Fsp3) is 0.667. The maximum absolute atomic E-state index is 11.5. The highest BCUT2D eigenvalue weighted by Gasteiger charge is 2.29. The third-order valence-electron chi connectivity index (χ3n) is 2.90. The molecule has 1 aliphatic heterocycles. The number of esters is 1. The van der Waals surface area contributed by atoms with Gasteiger partial charge in [-0.15, -0.1) is 11.3 Å². The molecule has 0 bridgehead atoms. The summed E-state index contributed by atoms with van der Waals surface area (Å²) < 4.78 is 10.6. The molecular formula is C12H18N2O3S. The number of ether oxygens (including phenoxy) is 2. The Morgan fingerprint density at radius 2 is 2.56 bits per heavy atom. The van der Waals surface area contributed by atoms with Crippen LogP contribution in [-0.4, -0.2) is 36.3 Å². The predicted molar refractivity (Wildman–Crippen MR) is 70.2 cm³/mol.